The molecule has 0 spiro atoms. The lowest BCUT2D eigenvalue weighted by Gasteiger charge is -2.42. The molecule has 2 nitrogen and oxygen atoms in total. The van der Waals surface area contributed by atoms with Gasteiger partial charge in [-0.25, -0.2) is 0 Å². The summed E-state index contributed by atoms with van der Waals surface area (Å²) in [6.07, 6.45) is 3.42. The third kappa shape index (κ3) is 1.95. The third-order valence-corrected chi connectivity index (χ3v) is 4.12. The summed E-state index contributed by atoms with van der Waals surface area (Å²) in [6, 6.07) is 6.10. The van der Waals surface area contributed by atoms with Crippen molar-refractivity contribution in [1.82, 2.24) is 0 Å². The van der Waals surface area contributed by atoms with Gasteiger partial charge in [0.25, 0.3) is 0 Å². The Morgan fingerprint density at radius 3 is 2.35 bits per heavy atom. The Kier molecular flexibility index (Phi) is 2.94. The average molecular weight is 233 g/mol. The predicted octanol–water partition coefficient (Wildman–Crippen LogP) is 3.07. The highest BCUT2D eigenvalue weighted by molar-refractivity contribution is 5.48. The van der Waals surface area contributed by atoms with Gasteiger partial charge in [-0.05, 0) is 23.8 Å². The summed E-state index contributed by atoms with van der Waals surface area (Å²) in [7, 11) is 0. The molecule has 1 aromatic carbocycles. The van der Waals surface area contributed by atoms with Gasteiger partial charge in [-0.3, -0.25) is 0 Å². The molecular weight excluding hydrogens is 210 g/mol. The second-order valence-electron chi connectivity index (χ2n) is 6.29. The van der Waals surface area contributed by atoms with Gasteiger partial charge in [-0.1, -0.05) is 45.4 Å². The van der Waals surface area contributed by atoms with Crippen LogP contribution < -0.4 is 5.73 Å². The minimum absolute atomic E-state index is 0.0281. The maximum atomic E-state index is 10.5. The van der Waals surface area contributed by atoms with E-state index in [0.29, 0.717) is 12.3 Å². The normalized spacial score (nSPS) is 18.8. The second-order valence-corrected chi connectivity index (χ2v) is 6.29. The van der Waals surface area contributed by atoms with Gasteiger partial charge < -0.3 is 10.8 Å². The standard InChI is InChI=1S/C15H23NO/c1-14(2,3)11-6-4-7-12(13(11)17)15(10-16)8-5-9-15/h4,6-7,17H,5,8-10,16H2,1-3H3. The first kappa shape index (κ1) is 12.4. The number of phenolic OH excluding ortho intramolecular Hbond substituents is 1. The molecule has 1 aromatic rings. The fraction of sp³-hybridized carbons (Fsp3) is 0.600. The first-order valence-electron chi connectivity index (χ1n) is 6.44. The number of aromatic hydroxyl groups is 1. The van der Waals surface area contributed by atoms with Gasteiger partial charge in [-0.15, -0.1) is 0 Å². The van der Waals surface area contributed by atoms with Crippen molar-refractivity contribution in [2.24, 2.45) is 5.73 Å². The summed E-state index contributed by atoms with van der Waals surface area (Å²) in [5.74, 6) is 0.463. The average Bonchev–Trinajstić information content (AvgIpc) is 2.17. The van der Waals surface area contributed by atoms with Crippen LogP contribution in [0.1, 0.15) is 51.2 Å². The molecule has 94 valence electrons. The molecule has 1 saturated carbocycles. The number of hydrogen-bond donors (Lipinski definition) is 2. The zero-order valence-electron chi connectivity index (χ0n) is 11.1. The highest BCUT2D eigenvalue weighted by Crippen LogP contribution is 2.48. The maximum absolute atomic E-state index is 10.5. The van der Waals surface area contributed by atoms with Crippen molar-refractivity contribution in [1.29, 1.82) is 0 Å². The van der Waals surface area contributed by atoms with Crippen molar-refractivity contribution in [2.75, 3.05) is 6.54 Å². The van der Waals surface area contributed by atoms with Crippen LogP contribution in [0.25, 0.3) is 0 Å². The number of rotatable bonds is 2. The Morgan fingerprint density at radius 1 is 1.29 bits per heavy atom. The van der Waals surface area contributed by atoms with E-state index in [9.17, 15) is 5.11 Å². The lowest BCUT2D eigenvalue weighted by molar-refractivity contribution is 0.244. The van der Waals surface area contributed by atoms with E-state index in [2.05, 4.69) is 20.8 Å². The molecule has 0 radical (unpaired) electrons. The molecule has 0 amide bonds. The maximum Gasteiger partial charge on any atom is 0.123 e. The molecular formula is C15H23NO. The van der Waals surface area contributed by atoms with E-state index >= 15 is 0 Å². The first-order valence-corrected chi connectivity index (χ1v) is 6.44. The molecule has 0 aliphatic heterocycles. The molecule has 0 unspecified atom stereocenters. The predicted molar refractivity (Wildman–Crippen MR) is 71.4 cm³/mol. The summed E-state index contributed by atoms with van der Waals surface area (Å²) in [6.45, 7) is 7.01. The van der Waals surface area contributed by atoms with Gasteiger partial charge in [0.2, 0.25) is 0 Å². The highest BCUT2D eigenvalue weighted by atomic mass is 16.3. The SMILES string of the molecule is CC(C)(C)c1cccc(C2(CN)CCC2)c1O. The molecule has 3 N–H and O–H groups in total. The Bertz CT molecular complexity index is 408. The summed E-state index contributed by atoms with van der Waals surface area (Å²) in [5, 5.41) is 10.5. The molecule has 17 heavy (non-hydrogen) atoms. The Balaban J connectivity index is 2.50. The van der Waals surface area contributed by atoms with Crippen LogP contribution in [0.3, 0.4) is 0 Å². The molecule has 0 bridgehead atoms. The summed E-state index contributed by atoms with van der Waals surface area (Å²) < 4.78 is 0. The van der Waals surface area contributed by atoms with E-state index in [4.69, 9.17) is 5.73 Å². The highest BCUT2D eigenvalue weighted by Gasteiger charge is 2.40. The zero-order valence-corrected chi connectivity index (χ0v) is 11.1. The van der Waals surface area contributed by atoms with Crippen molar-refractivity contribution in [2.45, 2.75) is 50.9 Å². The van der Waals surface area contributed by atoms with E-state index in [1.54, 1.807) is 0 Å². The largest absolute Gasteiger partial charge is 0.507 e. The zero-order chi connectivity index (χ0) is 12.7. The Hall–Kier alpha value is -1.02. The van der Waals surface area contributed by atoms with Crippen molar-refractivity contribution >= 4 is 0 Å². The smallest absolute Gasteiger partial charge is 0.123 e. The molecule has 2 heteroatoms. The van der Waals surface area contributed by atoms with E-state index in [-0.39, 0.29) is 10.8 Å². The number of hydrogen-bond acceptors (Lipinski definition) is 2. The minimum Gasteiger partial charge on any atom is -0.507 e. The molecule has 0 aromatic heterocycles. The first-order chi connectivity index (χ1) is 7.91. The van der Waals surface area contributed by atoms with Gasteiger partial charge in [0.15, 0.2) is 0 Å². The van der Waals surface area contributed by atoms with Crippen LogP contribution in [0.15, 0.2) is 18.2 Å². The number of phenols is 1. The third-order valence-electron chi connectivity index (χ3n) is 4.12. The van der Waals surface area contributed by atoms with Crippen molar-refractivity contribution in [3.63, 3.8) is 0 Å². The number of nitrogens with two attached hydrogens (primary N) is 1. The van der Waals surface area contributed by atoms with Crippen LogP contribution in [0, 0.1) is 0 Å². The van der Waals surface area contributed by atoms with Crippen molar-refractivity contribution in [3.05, 3.63) is 29.3 Å². The fourth-order valence-corrected chi connectivity index (χ4v) is 2.76. The lowest BCUT2D eigenvalue weighted by atomic mass is 9.63. The van der Waals surface area contributed by atoms with Crippen LogP contribution in [-0.2, 0) is 10.8 Å². The van der Waals surface area contributed by atoms with E-state index < -0.39 is 0 Å². The molecule has 1 fully saturated rings. The van der Waals surface area contributed by atoms with Crippen LogP contribution in [-0.4, -0.2) is 11.7 Å². The monoisotopic (exact) mass is 233 g/mol. The summed E-state index contributed by atoms with van der Waals surface area (Å²) in [5.41, 5.74) is 8.00. The van der Waals surface area contributed by atoms with Gasteiger partial charge >= 0.3 is 0 Å². The summed E-state index contributed by atoms with van der Waals surface area (Å²) >= 11 is 0. The van der Waals surface area contributed by atoms with Gasteiger partial charge in [0, 0.05) is 17.5 Å². The van der Waals surface area contributed by atoms with E-state index in [0.717, 1.165) is 24.0 Å². The quantitative estimate of drug-likeness (QED) is 0.824. The van der Waals surface area contributed by atoms with Gasteiger partial charge in [0.1, 0.15) is 5.75 Å². The van der Waals surface area contributed by atoms with Gasteiger partial charge in [-0.2, -0.15) is 0 Å². The number of benzene rings is 1. The molecule has 0 atom stereocenters. The van der Waals surface area contributed by atoms with Crippen LogP contribution in [0.2, 0.25) is 0 Å². The molecule has 1 aliphatic rings. The van der Waals surface area contributed by atoms with Crippen LogP contribution in [0.5, 0.6) is 5.75 Å². The Morgan fingerprint density at radius 2 is 1.94 bits per heavy atom. The van der Waals surface area contributed by atoms with E-state index in [1.807, 2.05) is 18.2 Å². The summed E-state index contributed by atoms with van der Waals surface area (Å²) in [4.78, 5) is 0. The molecule has 0 saturated heterocycles. The van der Waals surface area contributed by atoms with Crippen LogP contribution in [0.4, 0.5) is 0 Å². The lowest BCUT2D eigenvalue weighted by Crippen LogP contribution is -2.41. The second kappa shape index (κ2) is 4.02. The van der Waals surface area contributed by atoms with Gasteiger partial charge in [0.05, 0.1) is 0 Å². The van der Waals surface area contributed by atoms with Crippen molar-refractivity contribution < 1.29 is 5.11 Å². The van der Waals surface area contributed by atoms with Crippen molar-refractivity contribution in [3.8, 4) is 5.75 Å². The fourth-order valence-electron chi connectivity index (χ4n) is 2.76. The topological polar surface area (TPSA) is 46.2 Å². The number of para-hydroxylation sites is 1. The molecule has 0 heterocycles. The van der Waals surface area contributed by atoms with Crippen LogP contribution >= 0.6 is 0 Å². The Labute approximate surface area is 104 Å². The molecule has 1 aliphatic carbocycles. The van der Waals surface area contributed by atoms with E-state index in [1.165, 1.54) is 6.42 Å². The molecule has 2 rings (SSSR count). The minimum atomic E-state index is -0.0281.